The summed E-state index contributed by atoms with van der Waals surface area (Å²) in [5.41, 5.74) is 11.3. The molecule has 0 spiro atoms. The quantitative estimate of drug-likeness (QED) is 0.149. The fourth-order valence-electron chi connectivity index (χ4n) is 8.01. The van der Waals surface area contributed by atoms with Crippen molar-refractivity contribution < 1.29 is 0 Å². The summed E-state index contributed by atoms with van der Waals surface area (Å²) in [5.74, 6) is 0. The molecule has 0 fully saturated rings. The molecule has 6 aromatic carbocycles. The molecular formula is C36H18N3PS4. The lowest BCUT2D eigenvalue weighted by molar-refractivity contribution is 1.11. The van der Waals surface area contributed by atoms with Crippen molar-refractivity contribution in [3.63, 3.8) is 0 Å². The molecule has 6 aliphatic heterocycles. The largest absolute Gasteiger partial charge is 0.307 e. The zero-order valence-corrected chi connectivity index (χ0v) is 27.0. The Balaban J connectivity index is 1.32. The average molecular weight is 652 g/mol. The molecule has 0 N–H and O–H groups in total. The van der Waals surface area contributed by atoms with E-state index in [4.69, 9.17) is 11.8 Å². The van der Waals surface area contributed by atoms with Crippen molar-refractivity contribution in [3.8, 4) is 0 Å². The van der Waals surface area contributed by atoms with Gasteiger partial charge in [-0.3, -0.25) is 0 Å². The van der Waals surface area contributed by atoms with Gasteiger partial charge in [0.2, 0.25) is 0 Å². The van der Waals surface area contributed by atoms with Crippen LogP contribution in [0.15, 0.2) is 139 Å². The molecule has 0 amide bonds. The molecule has 0 aliphatic carbocycles. The fourth-order valence-corrected chi connectivity index (χ4v) is 16.8. The Morgan fingerprint density at radius 1 is 0.364 bits per heavy atom. The van der Waals surface area contributed by atoms with Crippen LogP contribution in [0.4, 0.5) is 51.2 Å². The second-order valence-corrected chi connectivity index (χ2v) is 19.1. The first-order chi connectivity index (χ1) is 21.7. The number of anilines is 9. The van der Waals surface area contributed by atoms with E-state index in [2.05, 4.69) is 124 Å². The summed E-state index contributed by atoms with van der Waals surface area (Å²) in [6.07, 6.45) is 0. The summed E-state index contributed by atoms with van der Waals surface area (Å²) in [6.45, 7) is 0. The molecule has 0 unspecified atom stereocenters. The van der Waals surface area contributed by atoms with Crippen molar-refractivity contribution in [1.82, 2.24) is 0 Å². The molecule has 0 aromatic heterocycles. The highest BCUT2D eigenvalue weighted by molar-refractivity contribution is 8.26. The van der Waals surface area contributed by atoms with Gasteiger partial charge in [-0.25, -0.2) is 0 Å². The molecule has 0 radical (unpaired) electrons. The van der Waals surface area contributed by atoms with E-state index in [-0.39, 0.29) is 0 Å². The Hall–Kier alpha value is -3.58. The van der Waals surface area contributed by atoms with Crippen LogP contribution in [0.3, 0.4) is 0 Å². The van der Waals surface area contributed by atoms with Gasteiger partial charge < -0.3 is 14.7 Å². The Morgan fingerprint density at radius 3 is 1.02 bits per heavy atom. The second kappa shape index (κ2) is 7.79. The Bertz CT molecular complexity index is 2190. The molecule has 6 aromatic rings. The van der Waals surface area contributed by atoms with E-state index in [0.29, 0.717) is 0 Å². The van der Waals surface area contributed by atoms with Crippen molar-refractivity contribution in [1.29, 1.82) is 0 Å². The molecule has 44 heavy (non-hydrogen) atoms. The zero-order chi connectivity index (χ0) is 28.5. The first-order valence-corrected chi connectivity index (χ1v) is 19.8. The van der Waals surface area contributed by atoms with Gasteiger partial charge in [0.05, 0.1) is 57.2 Å². The number of benzene rings is 6. The summed E-state index contributed by atoms with van der Waals surface area (Å²) >= 11 is 13.0. The summed E-state index contributed by atoms with van der Waals surface area (Å²) < 4.78 is 0. The van der Waals surface area contributed by atoms with E-state index in [1.54, 1.807) is 0 Å². The van der Waals surface area contributed by atoms with Crippen LogP contribution in [-0.2, 0) is 11.8 Å². The predicted molar refractivity (Wildman–Crippen MR) is 190 cm³/mol. The van der Waals surface area contributed by atoms with E-state index in [9.17, 15) is 0 Å². The molecule has 0 atom stereocenters. The number of hydrogen-bond acceptors (Lipinski definition) is 7. The Labute approximate surface area is 271 Å². The van der Waals surface area contributed by atoms with Crippen molar-refractivity contribution in [2.24, 2.45) is 0 Å². The lowest BCUT2D eigenvalue weighted by Crippen LogP contribution is -2.49. The summed E-state index contributed by atoms with van der Waals surface area (Å²) in [4.78, 5) is 15.4. The van der Waals surface area contributed by atoms with Crippen LogP contribution in [-0.4, -0.2) is 0 Å². The van der Waals surface area contributed by atoms with Crippen molar-refractivity contribution in [2.75, 3.05) is 14.7 Å². The monoisotopic (exact) mass is 651 g/mol. The van der Waals surface area contributed by atoms with Gasteiger partial charge in [0, 0.05) is 45.3 Å². The van der Waals surface area contributed by atoms with Crippen molar-refractivity contribution >= 4 is 120 Å². The number of hydrogen-bond donors (Lipinski definition) is 0. The van der Waals surface area contributed by atoms with Crippen LogP contribution >= 0.6 is 41.3 Å². The van der Waals surface area contributed by atoms with Gasteiger partial charge in [0.15, 0.2) is 0 Å². The maximum absolute atomic E-state index is 7.34. The third kappa shape index (κ3) is 2.51. The minimum atomic E-state index is -2.48. The first-order valence-electron chi connectivity index (χ1n) is 14.6. The summed E-state index contributed by atoms with van der Waals surface area (Å²) in [5, 5.41) is 4.05. The van der Waals surface area contributed by atoms with E-state index >= 15 is 0 Å². The smallest absolute Gasteiger partial charge is 0.0713 e. The molecule has 12 rings (SSSR count). The molecule has 206 valence electrons. The van der Waals surface area contributed by atoms with Gasteiger partial charge in [0.25, 0.3) is 0 Å². The highest BCUT2D eigenvalue weighted by Crippen LogP contribution is 2.72. The van der Waals surface area contributed by atoms with Crippen LogP contribution in [0.2, 0.25) is 0 Å². The second-order valence-electron chi connectivity index (χ2n) is 11.7. The molecule has 8 heteroatoms. The van der Waals surface area contributed by atoms with Gasteiger partial charge in [0.1, 0.15) is 0 Å². The van der Waals surface area contributed by atoms with E-state index in [0.717, 1.165) is 0 Å². The van der Waals surface area contributed by atoms with Crippen LogP contribution in [0.1, 0.15) is 0 Å². The van der Waals surface area contributed by atoms with Crippen LogP contribution in [0, 0.1) is 0 Å². The average Bonchev–Trinajstić information content (AvgIpc) is 3.06. The topological polar surface area (TPSA) is 9.72 Å². The van der Waals surface area contributed by atoms with Gasteiger partial charge in [-0.15, -0.1) is 0 Å². The molecule has 6 heterocycles. The zero-order valence-electron chi connectivity index (χ0n) is 22.8. The highest BCUT2D eigenvalue weighted by Gasteiger charge is 2.55. The molecule has 0 bridgehead atoms. The van der Waals surface area contributed by atoms with Gasteiger partial charge in [-0.05, 0) is 72.8 Å². The minimum absolute atomic E-state index is 1.24. The molecule has 6 aliphatic rings. The maximum Gasteiger partial charge on any atom is 0.0713 e. The van der Waals surface area contributed by atoms with Crippen LogP contribution in [0.5, 0.6) is 0 Å². The third-order valence-electron chi connectivity index (χ3n) is 9.60. The number of para-hydroxylation sites is 3. The normalized spacial score (nSPS) is 17.0. The maximum atomic E-state index is 7.34. The van der Waals surface area contributed by atoms with E-state index in [1.807, 2.05) is 35.3 Å². The van der Waals surface area contributed by atoms with E-state index < -0.39 is 6.04 Å². The van der Waals surface area contributed by atoms with Gasteiger partial charge in [-0.2, -0.15) is 0 Å². The Morgan fingerprint density at radius 2 is 0.682 bits per heavy atom. The lowest BCUT2D eigenvalue weighted by Gasteiger charge is -2.54. The highest BCUT2D eigenvalue weighted by atomic mass is 32.4. The first kappa shape index (κ1) is 23.8. The SMILES string of the molecule is S=P12c3c4ccc5c3N(c3ccccc3S5)c3ccc5c(c31)N(c1ccccc1S5)c1ccc3c(c12)N4c1ccccc1S3. The number of nitrogens with zero attached hydrogens (tertiary/aromatic N) is 3. The molecular weight excluding hydrogens is 634 g/mol. The number of fused-ring (bicyclic) bond motifs is 9. The molecule has 0 saturated carbocycles. The fraction of sp³-hybridized carbons (Fsp3) is 0. The van der Waals surface area contributed by atoms with E-state index in [1.165, 1.54) is 96.5 Å². The van der Waals surface area contributed by atoms with Gasteiger partial charge >= 0.3 is 0 Å². The molecule has 3 nitrogen and oxygen atoms in total. The van der Waals surface area contributed by atoms with Crippen molar-refractivity contribution in [3.05, 3.63) is 109 Å². The lowest BCUT2D eigenvalue weighted by atomic mass is 10.1. The summed E-state index contributed by atoms with van der Waals surface area (Å²) in [7, 11) is 0. The Kier molecular flexibility index (Phi) is 4.21. The number of rotatable bonds is 0. The predicted octanol–water partition coefficient (Wildman–Crippen LogP) is 10.2. The standard InChI is InChI=1S/C36H18N3PS4/c41-40-34-22-13-16-29-32(34)39(21-9-3-6-12-27(21)43-29)24-15-18-30-33(36(24)40)38(20-8-2-5-11-26(20)44-30)23-14-17-28-31(35(23)40)37(22)19-7-1-4-10-25(19)42-28/h1-18H. The minimum Gasteiger partial charge on any atom is -0.307 e. The van der Waals surface area contributed by atoms with Gasteiger partial charge in [-0.1, -0.05) is 83.5 Å². The third-order valence-corrected chi connectivity index (χ3v) is 17.8. The molecule has 0 saturated heterocycles. The van der Waals surface area contributed by atoms with Crippen LogP contribution < -0.4 is 30.6 Å². The van der Waals surface area contributed by atoms with Crippen LogP contribution in [0.25, 0.3) is 0 Å². The summed E-state index contributed by atoms with van der Waals surface area (Å²) in [6, 6.07) is 38.2. The van der Waals surface area contributed by atoms with Crippen molar-refractivity contribution in [2.45, 2.75) is 29.4 Å².